The fraction of sp³-hybridized carbons (Fsp3) is 0.143. The van der Waals surface area contributed by atoms with Crippen LogP contribution in [0.5, 0.6) is 0 Å². The predicted octanol–water partition coefficient (Wildman–Crippen LogP) is 2.65. The summed E-state index contributed by atoms with van der Waals surface area (Å²) < 4.78 is 6.27. The highest BCUT2D eigenvalue weighted by atomic mass is 35.5. The van der Waals surface area contributed by atoms with Crippen LogP contribution >= 0.6 is 22.9 Å². The number of ether oxygens (including phenoxy) is 1. The van der Waals surface area contributed by atoms with Gasteiger partial charge in [-0.1, -0.05) is 35.1 Å². The normalized spacial score (nSPS) is 10.8. The van der Waals surface area contributed by atoms with Gasteiger partial charge in [0.1, 0.15) is 5.01 Å². The van der Waals surface area contributed by atoms with Gasteiger partial charge >= 0.3 is 5.97 Å². The minimum Gasteiger partial charge on any atom is -0.461 e. The molecular formula is C14H10ClN3O3S. The van der Waals surface area contributed by atoms with E-state index in [-0.39, 0.29) is 12.3 Å². The molecule has 0 atom stereocenters. The SMILES string of the molecule is CCOC(=O)c1cc(=O)nc2sc(-c3ccc(Cl)cc3)nn12. The summed E-state index contributed by atoms with van der Waals surface area (Å²) >= 11 is 7.07. The quantitative estimate of drug-likeness (QED) is 0.688. The Kier molecular flexibility index (Phi) is 3.91. The van der Waals surface area contributed by atoms with E-state index in [4.69, 9.17) is 16.3 Å². The topological polar surface area (TPSA) is 73.6 Å². The molecule has 2 heterocycles. The molecule has 0 N–H and O–H groups in total. The zero-order valence-electron chi connectivity index (χ0n) is 11.4. The van der Waals surface area contributed by atoms with Crippen LogP contribution < -0.4 is 5.56 Å². The summed E-state index contributed by atoms with van der Waals surface area (Å²) in [7, 11) is 0. The van der Waals surface area contributed by atoms with Crippen LogP contribution in [-0.4, -0.2) is 27.2 Å². The number of hydrogen-bond donors (Lipinski definition) is 0. The molecule has 0 spiro atoms. The Labute approximate surface area is 133 Å². The average molecular weight is 336 g/mol. The second-order valence-electron chi connectivity index (χ2n) is 4.31. The van der Waals surface area contributed by atoms with Crippen LogP contribution in [0.1, 0.15) is 17.4 Å². The van der Waals surface area contributed by atoms with Gasteiger partial charge in [-0.3, -0.25) is 4.79 Å². The lowest BCUT2D eigenvalue weighted by atomic mass is 10.2. The molecule has 0 aliphatic heterocycles. The fourth-order valence-electron chi connectivity index (χ4n) is 1.88. The number of nitrogens with zero attached hydrogens (tertiary/aromatic N) is 3. The highest BCUT2D eigenvalue weighted by molar-refractivity contribution is 7.19. The third-order valence-electron chi connectivity index (χ3n) is 2.83. The van der Waals surface area contributed by atoms with Crippen LogP contribution in [0, 0.1) is 0 Å². The lowest BCUT2D eigenvalue weighted by Gasteiger charge is -2.02. The molecule has 0 fully saturated rings. The zero-order chi connectivity index (χ0) is 15.7. The maximum absolute atomic E-state index is 11.9. The van der Waals surface area contributed by atoms with Gasteiger partial charge in [-0.25, -0.2) is 4.79 Å². The van der Waals surface area contributed by atoms with Crippen molar-refractivity contribution in [2.24, 2.45) is 0 Å². The first kappa shape index (κ1) is 14.7. The van der Waals surface area contributed by atoms with E-state index in [2.05, 4.69) is 10.1 Å². The number of aromatic nitrogens is 3. The van der Waals surface area contributed by atoms with E-state index < -0.39 is 11.5 Å². The minimum absolute atomic E-state index is 0.0633. The van der Waals surface area contributed by atoms with E-state index >= 15 is 0 Å². The first-order valence-electron chi connectivity index (χ1n) is 6.42. The monoisotopic (exact) mass is 335 g/mol. The molecule has 0 aliphatic rings. The Balaban J connectivity index is 2.16. The van der Waals surface area contributed by atoms with Crippen molar-refractivity contribution < 1.29 is 9.53 Å². The molecule has 0 aliphatic carbocycles. The largest absolute Gasteiger partial charge is 0.461 e. The maximum atomic E-state index is 11.9. The van der Waals surface area contributed by atoms with Crippen LogP contribution in [0.4, 0.5) is 0 Å². The highest BCUT2D eigenvalue weighted by Crippen LogP contribution is 2.26. The van der Waals surface area contributed by atoms with Gasteiger partial charge in [0.05, 0.1) is 6.61 Å². The first-order valence-corrected chi connectivity index (χ1v) is 7.62. The lowest BCUT2D eigenvalue weighted by molar-refractivity contribution is 0.0516. The Morgan fingerprint density at radius 3 is 2.77 bits per heavy atom. The number of rotatable bonds is 3. The summed E-state index contributed by atoms with van der Waals surface area (Å²) in [6.07, 6.45) is 0. The fourth-order valence-corrected chi connectivity index (χ4v) is 2.91. The summed E-state index contributed by atoms with van der Waals surface area (Å²) in [5.41, 5.74) is 0.379. The van der Waals surface area contributed by atoms with Crippen LogP contribution in [0.15, 0.2) is 35.1 Å². The molecule has 8 heteroatoms. The number of carbonyl (C=O) groups excluding carboxylic acids is 1. The molecule has 0 amide bonds. The standard InChI is InChI=1S/C14H10ClN3O3S/c1-2-21-13(20)10-7-11(19)16-14-18(10)17-12(22-14)8-3-5-9(15)6-4-8/h3-7H,2H2,1H3. The molecule has 0 radical (unpaired) electrons. The summed E-state index contributed by atoms with van der Waals surface area (Å²) in [6, 6.07) is 8.22. The predicted molar refractivity (Wildman–Crippen MR) is 83.5 cm³/mol. The van der Waals surface area contributed by atoms with E-state index in [1.54, 1.807) is 19.1 Å². The Bertz CT molecular complexity index is 902. The number of fused-ring (bicyclic) bond motifs is 1. The van der Waals surface area contributed by atoms with E-state index in [1.165, 1.54) is 15.9 Å². The molecule has 0 saturated heterocycles. The molecule has 22 heavy (non-hydrogen) atoms. The summed E-state index contributed by atoms with van der Waals surface area (Å²) in [4.78, 5) is 27.8. The van der Waals surface area contributed by atoms with E-state index in [9.17, 15) is 9.59 Å². The third-order valence-corrected chi connectivity index (χ3v) is 4.04. The van der Waals surface area contributed by atoms with Crippen LogP contribution in [0.25, 0.3) is 15.5 Å². The van der Waals surface area contributed by atoms with Gasteiger partial charge in [0.15, 0.2) is 5.69 Å². The number of halogens is 1. The molecule has 0 saturated carbocycles. The van der Waals surface area contributed by atoms with E-state index in [0.29, 0.717) is 15.0 Å². The lowest BCUT2D eigenvalue weighted by Crippen LogP contribution is -2.17. The Morgan fingerprint density at radius 1 is 1.36 bits per heavy atom. The number of carbonyl (C=O) groups is 1. The van der Waals surface area contributed by atoms with Crippen molar-refractivity contribution in [2.75, 3.05) is 6.61 Å². The third kappa shape index (κ3) is 2.72. The Hall–Kier alpha value is -2.25. The second-order valence-corrected chi connectivity index (χ2v) is 5.70. The van der Waals surface area contributed by atoms with Gasteiger partial charge in [-0.05, 0) is 19.1 Å². The molecule has 2 aromatic heterocycles. The zero-order valence-corrected chi connectivity index (χ0v) is 13.0. The van der Waals surface area contributed by atoms with Gasteiger partial charge in [0, 0.05) is 16.7 Å². The number of benzene rings is 1. The first-order chi connectivity index (χ1) is 10.6. The van der Waals surface area contributed by atoms with Crippen molar-refractivity contribution in [1.29, 1.82) is 0 Å². The minimum atomic E-state index is -0.607. The van der Waals surface area contributed by atoms with Crippen molar-refractivity contribution in [3.05, 3.63) is 51.4 Å². The smallest absolute Gasteiger partial charge is 0.357 e. The summed E-state index contributed by atoms with van der Waals surface area (Å²) in [5, 5.41) is 5.59. The molecule has 0 bridgehead atoms. The molecule has 3 rings (SSSR count). The summed E-state index contributed by atoms with van der Waals surface area (Å²) in [6.45, 7) is 1.91. The van der Waals surface area contributed by atoms with E-state index in [0.717, 1.165) is 11.6 Å². The van der Waals surface area contributed by atoms with Crippen molar-refractivity contribution >= 4 is 33.9 Å². The highest BCUT2D eigenvalue weighted by Gasteiger charge is 2.17. The van der Waals surface area contributed by atoms with Crippen LogP contribution in [-0.2, 0) is 4.74 Å². The number of hydrogen-bond acceptors (Lipinski definition) is 6. The van der Waals surface area contributed by atoms with Gasteiger partial charge in [-0.15, -0.1) is 0 Å². The molecule has 6 nitrogen and oxygen atoms in total. The van der Waals surface area contributed by atoms with Crippen molar-refractivity contribution in [2.45, 2.75) is 6.92 Å². The van der Waals surface area contributed by atoms with E-state index in [1.807, 2.05) is 12.1 Å². The van der Waals surface area contributed by atoms with Gasteiger partial charge in [0.2, 0.25) is 4.96 Å². The van der Waals surface area contributed by atoms with Crippen LogP contribution in [0.2, 0.25) is 5.02 Å². The molecule has 3 aromatic rings. The van der Waals surface area contributed by atoms with Gasteiger partial charge in [-0.2, -0.15) is 14.6 Å². The maximum Gasteiger partial charge on any atom is 0.357 e. The van der Waals surface area contributed by atoms with Crippen molar-refractivity contribution in [3.8, 4) is 10.6 Å². The molecule has 0 unspecified atom stereocenters. The second kappa shape index (κ2) is 5.86. The molecular weight excluding hydrogens is 326 g/mol. The number of esters is 1. The van der Waals surface area contributed by atoms with Crippen molar-refractivity contribution in [3.63, 3.8) is 0 Å². The van der Waals surface area contributed by atoms with Gasteiger partial charge < -0.3 is 4.74 Å². The molecule has 1 aromatic carbocycles. The average Bonchev–Trinajstić information content (AvgIpc) is 2.91. The summed E-state index contributed by atoms with van der Waals surface area (Å²) in [5.74, 6) is -0.607. The Morgan fingerprint density at radius 2 is 2.09 bits per heavy atom. The van der Waals surface area contributed by atoms with Crippen LogP contribution in [0.3, 0.4) is 0 Å². The van der Waals surface area contributed by atoms with Crippen molar-refractivity contribution in [1.82, 2.24) is 14.6 Å². The molecule has 112 valence electrons. The van der Waals surface area contributed by atoms with Gasteiger partial charge in [0.25, 0.3) is 5.56 Å².